The van der Waals surface area contributed by atoms with Crippen LogP contribution in [0.25, 0.3) is 10.9 Å². The number of para-hydroxylation sites is 1. The van der Waals surface area contributed by atoms with Gasteiger partial charge in [-0.05, 0) is 48.0 Å². The normalized spacial score (nSPS) is 11.4. The van der Waals surface area contributed by atoms with Crippen LogP contribution in [0.5, 0.6) is 11.5 Å². The highest BCUT2D eigenvalue weighted by Crippen LogP contribution is 2.31. The average Bonchev–Trinajstić information content (AvgIpc) is 3.33. The first-order valence-electron chi connectivity index (χ1n) is 11.3. The monoisotopic (exact) mass is 497 g/mol. The Morgan fingerprint density at radius 2 is 1.47 bits per heavy atom. The summed E-state index contributed by atoms with van der Waals surface area (Å²) in [4.78, 5) is 14.0. The third-order valence-electron chi connectivity index (χ3n) is 5.84. The molecule has 0 unspecified atom stereocenters. The summed E-state index contributed by atoms with van der Waals surface area (Å²) >= 11 is 0. The Morgan fingerprint density at radius 3 is 2.19 bits per heavy atom. The van der Waals surface area contributed by atoms with Crippen LogP contribution in [0.4, 0.5) is 0 Å². The molecule has 0 spiro atoms. The lowest BCUT2D eigenvalue weighted by Gasteiger charge is -2.14. The predicted molar refractivity (Wildman–Crippen MR) is 138 cm³/mol. The van der Waals surface area contributed by atoms with Gasteiger partial charge in [0.2, 0.25) is 5.78 Å². The third-order valence-corrected chi connectivity index (χ3v) is 7.59. The number of carbonyl (C=O) groups excluding carboxylic acids is 1. The number of rotatable bonds is 8. The van der Waals surface area contributed by atoms with Gasteiger partial charge in [-0.15, -0.1) is 0 Å². The molecule has 0 radical (unpaired) electrons. The van der Waals surface area contributed by atoms with Crippen molar-refractivity contribution in [2.75, 3.05) is 7.11 Å². The number of ether oxygens (including phenoxy) is 2. The molecule has 36 heavy (non-hydrogen) atoms. The molecule has 1 aromatic heterocycles. The molecular weight excluding hydrogens is 474 g/mol. The Hall–Kier alpha value is -4.36. The van der Waals surface area contributed by atoms with Gasteiger partial charge < -0.3 is 9.47 Å². The van der Waals surface area contributed by atoms with Gasteiger partial charge in [-0.25, -0.2) is 12.4 Å². The zero-order chi connectivity index (χ0) is 25.1. The molecule has 0 aliphatic rings. The Morgan fingerprint density at radius 1 is 0.806 bits per heavy atom. The zero-order valence-electron chi connectivity index (χ0n) is 19.5. The van der Waals surface area contributed by atoms with E-state index in [1.54, 1.807) is 66.7 Å². The van der Waals surface area contributed by atoms with Gasteiger partial charge in [0, 0.05) is 5.39 Å². The Balaban J connectivity index is 1.61. The van der Waals surface area contributed by atoms with Crippen LogP contribution in [0.2, 0.25) is 0 Å². The molecule has 5 rings (SSSR count). The SMILES string of the molecule is COc1ccc(OCc2ccccc2)cc1C(=O)c1cc2ccccc2n1S(=O)(=O)c1ccccc1. The van der Waals surface area contributed by atoms with Gasteiger partial charge in [0.15, 0.2) is 0 Å². The highest BCUT2D eigenvalue weighted by atomic mass is 32.2. The number of carbonyl (C=O) groups is 1. The van der Waals surface area contributed by atoms with Crippen LogP contribution in [0, 0.1) is 0 Å². The first-order valence-corrected chi connectivity index (χ1v) is 12.7. The lowest BCUT2D eigenvalue weighted by molar-refractivity contribution is 0.103. The van der Waals surface area contributed by atoms with Crippen molar-refractivity contribution in [1.82, 2.24) is 3.97 Å². The minimum Gasteiger partial charge on any atom is -0.496 e. The molecule has 0 saturated heterocycles. The summed E-state index contributed by atoms with van der Waals surface area (Å²) in [6.07, 6.45) is 0. The molecule has 0 fully saturated rings. The molecule has 0 aliphatic carbocycles. The van der Waals surface area contributed by atoms with Crippen molar-refractivity contribution in [2.45, 2.75) is 11.5 Å². The quantitative estimate of drug-likeness (QED) is 0.257. The first kappa shape index (κ1) is 23.4. The predicted octanol–water partition coefficient (Wildman–Crippen LogP) is 5.70. The van der Waals surface area contributed by atoms with E-state index in [-0.39, 0.29) is 16.2 Å². The average molecular weight is 498 g/mol. The lowest BCUT2D eigenvalue weighted by Crippen LogP contribution is -2.19. The van der Waals surface area contributed by atoms with Crippen molar-refractivity contribution in [3.63, 3.8) is 0 Å². The molecule has 0 N–H and O–H groups in total. The van der Waals surface area contributed by atoms with Gasteiger partial charge in [-0.2, -0.15) is 0 Å². The van der Waals surface area contributed by atoms with Gasteiger partial charge in [0.25, 0.3) is 10.0 Å². The van der Waals surface area contributed by atoms with E-state index in [0.717, 1.165) is 9.54 Å². The topological polar surface area (TPSA) is 74.6 Å². The number of aromatic nitrogens is 1. The summed E-state index contributed by atoms with van der Waals surface area (Å²) < 4.78 is 39.9. The molecule has 1 heterocycles. The van der Waals surface area contributed by atoms with Crippen molar-refractivity contribution >= 4 is 26.7 Å². The van der Waals surface area contributed by atoms with Crippen LogP contribution in [-0.4, -0.2) is 25.3 Å². The van der Waals surface area contributed by atoms with Crippen molar-refractivity contribution in [3.05, 3.63) is 126 Å². The number of hydrogen-bond acceptors (Lipinski definition) is 5. The number of methoxy groups -OCH3 is 1. The summed E-state index contributed by atoms with van der Waals surface area (Å²) in [5, 5.41) is 0.635. The van der Waals surface area contributed by atoms with E-state index in [0.29, 0.717) is 29.0 Å². The van der Waals surface area contributed by atoms with E-state index in [4.69, 9.17) is 9.47 Å². The number of hydrogen-bond donors (Lipinski definition) is 0. The highest BCUT2D eigenvalue weighted by Gasteiger charge is 2.28. The van der Waals surface area contributed by atoms with E-state index < -0.39 is 15.8 Å². The molecule has 5 aromatic rings. The largest absolute Gasteiger partial charge is 0.496 e. The number of ketones is 1. The Bertz CT molecular complexity index is 1640. The lowest BCUT2D eigenvalue weighted by atomic mass is 10.1. The second-order valence-corrected chi connectivity index (χ2v) is 9.92. The van der Waals surface area contributed by atoms with Crippen LogP contribution in [0.3, 0.4) is 0 Å². The number of nitrogens with zero attached hydrogens (tertiary/aromatic N) is 1. The van der Waals surface area contributed by atoms with E-state index >= 15 is 0 Å². The summed E-state index contributed by atoms with van der Waals surface area (Å²) in [6, 6.07) is 31.3. The molecule has 4 aromatic carbocycles. The Kier molecular flexibility index (Phi) is 6.31. The second-order valence-electron chi connectivity index (χ2n) is 8.14. The van der Waals surface area contributed by atoms with E-state index in [1.165, 1.54) is 19.2 Å². The fourth-order valence-corrected chi connectivity index (χ4v) is 5.61. The number of benzene rings is 4. The molecule has 180 valence electrons. The van der Waals surface area contributed by atoms with Gasteiger partial charge in [-0.3, -0.25) is 4.79 Å². The minimum absolute atomic E-state index is 0.0126. The van der Waals surface area contributed by atoms with Crippen LogP contribution < -0.4 is 9.47 Å². The van der Waals surface area contributed by atoms with Gasteiger partial charge in [0.1, 0.15) is 23.8 Å². The third kappa shape index (κ3) is 4.36. The van der Waals surface area contributed by atoms with Crippen molar-refractivity contribution in [2.24, 2.45) is 0 Å². The first-order chi connectivity index (χ1) is 17.5. The highest BCUT2D eigenvalue weighted by molar-refractivity contribution is 7.90. The molecule has 6 nitrogen and oxygen atoms in total. The van der Waals surface area contributed by atoms with E-state index in [9.17, 15) is 13.2 Å². The van der Waals surface area contributed by atoms with Crippen LogP contribution >= 0.6 is 0 Å². The Labute approximate surface area is 209 Å². The van der Waals surface area contributed by atoms with E-state index in [1.807, 2.05) is 30.3 Å². The zero-order valence-corrected chi connectivity index (χ0v) is 20.3. The van der Waals surface area contributed by atoms with Gasteiger partial charge >= 0.3 is 0 Å². The van der Waals surface area contributed by atoms with E-state index in [2.05, 4.69) is 0 Å². The maximum Gasteiger partial charge on any atom is 0.268 e. The standard InChI is InChI=1S/C29H23NO5S/c1-34-28-17-16-23(35-20-21-10-4-2-5-11-21)19-25(28)29(31)27-18-22-12-8-9-15-26(22)30(27)36(32,33)24-13-6-3-7-14-24/h2-19H,20H2,1H3. The summed E-state index contributed by atoms with van der Waals surface area (Å²) in [6.45, 7) is 0.323. The maximum absolute atomic E-state index is 13.9. The molecule has 0 saturated carbocycles. The molecule has 0 aliphatic heterocycles. The second kappa shape index (κ2) is 9.71. The number of fused-ring (bicyclic) bond motifs is 1. The smallest absolute Gasteiger partial charge is 0.268 e. The van der Waals surface area contributed by atoms with Crippen molar-refractivity contribution in [1.29, 1.82) is 0 Å². The fourth-order valence-electron chi connectivity index (χ4n) is 4.08. The van der Waals surface area contributed by atoms with Crippen molar-refractivity contribution in [3.8, 4) is 11.5 Å². The molecular formula is C29H23NO5S. The van der Waals surface area contributed by atoms with Crippen LogP contribution in [0.15, 0.2) is 114 Å². The molecule has 0 amide bonds. The van der Waals surface area contributed by atoms with Crippen LogP contribution in [0.1, 0.15) is 21.6 Å². The van der Waals surface area contributed by atoms with Gasteiger partial charge in [0.05, 0.1) is 23.1 Å². The summed E-state index contributed by atoms with van der Waals surface area (Å²) in [5.41, 5.74) is 1.62. The van der Waals surface area contributed by atoms with Crippen molar-refractivity contribution < 1.29 is 22.7 Å². The van der Waals surface area contributed by atoms with Gasteiger partial charge in [-0.1, -0.05) is 66.7 Å². The van der Waals surface area contributed by atoms with Crippen LogP contribution in [-0.2, 0) is 16.6 Å². The minimum atomic E-state index is -4.06. The summed E-state index contributed by atoms with van der Waals surface area (Å²) in [7, 11) is -2.59. The molecule has 7 heteroatoms. The molecule has 0 bridgehead atoms. The maximum atomic E-state index is 13.9. The summed E-state index contributed by atoms with van der Waals surface area (Å²) in [5.74, 6) is 0.297. The fraction of sp³-hybridized carbons (Fsp3) is 0.0690. The molecule has 0 atom stereocenters.